The third-order valence-corrected chi connectivity index (χ3v) is 2.03. The van der Waals surface area contributed by atoms with Crippen LogP contribution in [0.4, 0.5) is 0 Å². The van der Waals surface area contributed by atoms with E-state index < -0.39 is 0 Å². The number of hydrogen-bond donors (Lipinski definition) is 1. The van der Waals surface area contributed by atoms with Crippen molar-refractivity contribution in [2.24, 2.45) is 0 Å². The lowest BCUT2D eigenvalue weighted by Gasteiger charge is -1.95. The Balaban J connectivity index is 0.000000605. The van der Waals surface area contributed by atoms with Crippen LogP contribution in [0.15, 0.2) is 18.2 Å². The first-order chi connectivity index (χ1) is 4.86. The standard InChI is InChI=1S/C8H8ClN.ClH/c9-8-2-1-6-4-10-5-7(6)3-8;/h1-3,10H,4-5H2;1H. The largest absolute Gasteiger partial charge is 1.00 e. The summed E-state index contributed by atoms with van der Waals surface area (Å²) in [6.07, 6.45) is 0. The van der Waals surface area contributed by atoms with E-state index in [2.05, 4.69) is 11.4 Å². The molecule has 1 heterocycles. The Bertz CT molecular complexity index is 265. The van der Waals surface area contributed by atoms with Gasteiger partial charge in [-0.1, -0.05) is 17.7 Å². The Morgan fingerprint density at radius 3 is 2.82 bits per heavy atom. The molecule has 1 aliphatic rings. The van der Waals surface area contributed by atoms with Crippen LogP contribution in [0.3, 0.4) is 0 Å². The lowest BCUT2D eigenvalue weighted by molar-refractivity contribution is -0.00000194. The molecule has 0 bridgehead atoms. The topological polar surface area (TPSA) is 12.0 Å². The summed E-state index contributed by atoms with van der Waals surface area (Å²) in [6.45, 7) is 1.96. The van der Waals surface area contributed by atoms with Gasteiger partial charge in [0.15, 0.2) is 0 Å². The number of fused-ring (bicyclic) bond motifs is 1. The van der Waals surface area contributed by atoms with Crippen molar-refractivity contribution in [2.45, 2.75) is 13.1 Å². The van der Waals surface area contributed by atoms with Gasteiger partial charge in [0, 0.05) is 18.1 Å². The quantitative estimate of drug-likeness (QED) is 0.556. The summed E-state index contributed by atoms with van der Waals surface area (Å²) in [5.41, 5.74) is 2.72. The first-order valence-electron chi connectivity index (χ1n) is 3.34. The van der Waals surface area contributed by atoms with E-state index in [9.17, 15) is 0 Å². The predicted molar refractivity (Wildman–Crippen MR) is 43.1 cm³/mol. The molecule has 0 aromatic heterocycles. The van der Waals surface area contributed by atoms with Crippen LogP contribution >= 0.6 is 11.6 Å². The van der Waals surface area contributed by atoms with E-state index in [1.54, 1.807) is 0 Å². The minimum atomic E-state index is 0. The third-order valence-electron chi connectivity index (χ3n) is 1.80. The summed E-state index contributed by atoms with van der Waals surface area (Å²) < 4.78 is 0. The van der Waals surface area contributed by atoms with E-state index in [-0.39, 0.29) is 13.8 Å². The van der Waals surface area contributed by atoms with Crippen molar-refractivity contribution in [3.8, 4) is 0 Å². The third kappa shape index (κ3) is 1.67. The Morgan fingerprint density at radius 1 is 1.27 bits per heavy atom. The first kappa shape index (κ1) is 8.85. The molecule has 0 unspecified atom stereocenters. The predicted octanol–water partition coefficient (Wildman–Crippen LogP) is -0.940. The van der Waals surface area contributed by atoms with Gasteiger partial charge in [-0.3, -0.25) is 0 Å². The van der Waals surface area contributed by atoms with Gasteiger partial charge in [-0.25, -0.2) is 0 Å². The molecular formula is C8H9Cl2N. The second-order valence-electron chi connectivity index (χ2n) is 2.52. The highest BCUT2D eigenvalue weighted by Crippen LogP contribution is 2.19. The number of nitrogens with one attached hydrogen (secondary N) is 1. The normalized spacial score (nSPS) is 13.9. The van der Waals surface area contributed by atoms with Gasteiger partial charge in [0.1, 0.15) is 0 Å². The minimum absolute atomic E-state index is 0. The molecule has 1 nitrogen and oxygen atoms in total. The average Bonchev–Trinajstić information content (AvgIpc) is 2.33. The average molecular weight is 190 g/mol. The van der Waals surface area contributed by atoms with Crippen molar-refractivity contribution >= 4 is 11.6 Å². The highest BCUT2D eigenvalue weighted by atomic mass is 35.5. The van der Waals surface area contributed by atoms with Crippen LogP contribution in [0.2, 0.25) is 5.02 Å². The van der Waals surface area contributed by atoms with Gasteiger partial charge in [-0.2, -0.15) is 0 Å². The molecule has 1 aliphatic heterocycles. The fourth-order valence-electron chi connectivity index (χ4n) is 1.26. The summed E-state index contributed by atoms with van der Waals surface area (Å²) in [6, 6.07) is 6.04. The second-order valence-corrected chi connectivity index (χ2v) is 2.95. The minimum Gasteiger partial charge on any atom is -1.00 e. The Morgan fingerprint density at radius 2 is 2.00 bits per heavy atom. The van der Waals surface area contributed by atoms with Crippen molar-refractivity contribution in [3.05, 3.63) is 34.3 Å². The van der Waals surface area contributed by atoms with Gasteiger partial charge in [-0.15, -0.1) is 0 Å². The van der Waals surface area contributed by atoms with Gasteiger partial charge in [0.25, 0.3) is 0 Å². The Kier molecular flexibility index (Phi) is 2.77. The van der Waals surface area contributed by atoms with Gasteiger partial charge < -0.3 is 17.7 Å². The second kappa shape index (κ2) is 3.44. The van der Waals surface area contributed by atoms with Crippen molar-refractivity contribution in [2.75, 3.05) is 0 Å². The van der Waals surface area contributed by atoms with E-state index in [4.69, 9.17) is 11.6 Å². The Hall–Kier alpha value is -0.240. The molecule has 0 amide bonds. The molecule has 0 fully saturated rings. The SMILES string of the molecule is Clc1ccc2c(c1)CNC2.[Cl-].[H+]. The van der Waals surface area contributed by atoms with Crippen LogP contribution in [-0.4, -0.2) is 0 Å². The number of hydrogen-bond acceptors (Lipinski definition) is 1. The van der Waals surface area contributed by atoms with Crippen LogP contribution in [0, 0.1) is 0 Å². The molecule has 1 aromatic rings. The summed E-state index contributed by atoms with van der Waals surface area (Å²) in [7, 11) is 0. The van der Waals surface area contributed by atoms with Crippen LogP contribution in [0.1, 0.15) is 12.6 Å². The lowest BCUT2D eigenvalue weighted by Crippen LogP contribution is -3.00. The molecular weight excluding hydrogens is 181 g/mol. The zero-order chi connectivity index (χ0) is 6.97. The zero-order valence-corrected chi connectivity index (χ0v) is 7.41. The highest BCUT2D eigenvalue weighted by molar-refractivity contribution is 6.30. The zero-order valence-electron chi connectivity index (χ0n) is 6.90. The summed E-state index contributed by atoms with van der Waals surface area (Å²) >= 11 is 5.80. The van der Waals surface area contributed by atoms with E-state index in [1.807, 2.05) is 12.1 Å². The number of rotatable bonds is 0. The monoisotopic (exact) mass is 189 g/mol. The fraction of sp³-hybridized carbons (Fsp3) is 0.250. The number of halogens is 2. The molecule has 3 heteroatoms. The van der Waals surface area contributed by atoms with Crippen LogP contribution in [0.5, 0.6) is 0 Å². The van der Waals surface area contributed by atoms with E-state index in [1.165, 1.54) is 11.1 Å². The summed E-state index contributed by atoms with van der Waals surface area (Å²) in [5.74, 6) is 0. The fourth-order valence-corrected chi connectivity index (χ4v) is 1.46. The maximum Gasteiger partial charge on any atom is 1.00 e. The lowest BCUT2D eigenvalue weighted by atomic mass is 10.1. The van der Waals surface area contributed by atoms with E-state index in [0.29, 0.717) is 0 Å². The molecule has 0 atom stereocenters. The van der Waals surface area contributed by atoms with E-state index >= 15 is 0 Å². The Labute approximate surface area is 78.6 Å². The highest BCUT2D eigenvalue weighted by Gasteiger charge is 2.08. The van der Waals surface area contributed by atoms with Crippen molar-refractivity contribution in [3.63, 3.8) is 0 Å². The van der Waals surface area contributed by atoms with Crippen LogP contribution < -0.4 is 17.7 Å². The summed E-state index contributed by atoms with van der Waals surface area (Å²) in [5, 5.41) is 4.09. The maximum absolute atomic E-state index is 5.80. The molecule has 11 heavy (non-hydrogen) atoms. The maximum atomic E-state index is 5.80. The molecule has 0 saturated heterocycles. The molecule has 0 spiro atoms. The van der Waals surface area contributed by atoms with Crippen LogP contribution in [-0.2, 0) is 13.1 Å². The van der Waals surface area contributed by atoms with Gasteiger partial charge >= 0.3 is 1.43 Å². The van der Waals surface area contributed by atoms with Crippen molar-refractivity contribution in [1.29, 1.82) is 0 Å². The van der Waals surface area contributed by atoms with Crippen LogP contribution in [0.25, 0.3) is 0 Å². The van der Waals surface area contributed by atoms with Gasteiger partial charge in [0.05, 0.1) is 0 Å². The number of benzene rings is 1. The van der Waals surface area contributed by atoms with Crippen molar-refractivity contribution < 1.29 is 13.8 Å². The van der Waals surface area contributed by atoms with Gasteiger partial charge in [0.2, 0.25) is 0 Å². The van der Waals surface area contributed by atoms with Crippen molar-refractivity contribution in [1.82, 2.24) is 5.32 Å². The first-order valence-corrected chi connectivity index (χ1v) is 3.72. The molecule has 0 saturated carbocycles. The molecule has 0 radical (unpaired) electrons. The van der Waals surface area contributed by atoms with Gasteiger partial charge in [-0.05, 0) is 23.3 Å². The van der Waals surface area contributed by atoms with E-state index in [0.717, 1.165) is 18.1 Å². The molecule has 1 aromatic carbocycles. The summed E-state index contributed by atoms with van der Waals surface area (Å²) in [4.78, 5) is 0. The smallest absolute Gasteiger partial charge is 1.00 e. The molecule has 0 aliphatic carbocycles. The molecule has 1 N–H and O–H groups in total. The molecule has 60 valence electrons. The molecule has 2 rings (SSSR count).